The first-order valence-corrected chi connectivity index (χ1v) is 8.85. The summed E-state index contributed by atoms with van der Waals surface area (Å²) in [5, 5.41) is 16.6. The van der Waals surface area contributed by atoms with Gasteiger partial charge in [-0.2, -0.15) is 0 Å². The van der Waals surface area contributed by atoms with E-state index in [1.807, 2.05) is 11.3 Å². The predicted octanol–water partition coefficient (Wildman–Crippen LogP) is 4.12. The van der Waals surface area contributed by atoms with E-state index in [1.165, 1.54) is 17.7 Å². The Morgan fingerprint density at radius 2 is 2.00 bits per heavy atom. The maximum Gasteiger partial charge on any atom is 0.0772 e. The average Bonchev–Trinajstić information content (AvgIpc) is 3.09. The molecule has 1 atom stereocenters. The maximum absolute atomic E-state index is 10.8. The summed E-state index contributed by atoms with van der Waals surface area (Å²) in [6, 6.07) is 4.83. The van der Waals surface area contributed by atoms with E-state index in [0.29, 0.717) is 11.5 Å². The third kappa shape index (κ3) is 3.44. The first-order chi connectivity index (χ1) is 9.48. The van der Waals surface area contributed by atoms with E-state index in [4.69, 9.17) is 0 Å². The molecule has 0 saturated heterocycles. The molecule has 0 bridgehead atoms. The second kappa shape index (κ2) is 5.43. The minimum Gasteiger partial charge on any atom is -0.389 e. The molecule has 112 valence electrons. The molecule has 0 aromatic carbocycles. The van der Waals surface area contributed by atoms with E-state index >= 15 is 0 Å². The van der Waals surface area contributed by atoms with Crippen molar-refractivity contribution in [2.45, 2.75) is 64.0 Å². The third-order valence-electron chi connectivity index (χ3n) is 5.13. The first-order valence-electron chi connectivity index (χ1n) is 7.97. The predicted molar refractivity (Wildman–Crippen MR) is 85.0 cm³/mol. The molecule has 0 aliphatic heterocycles. The van der Waals surface area contributed by atoms with E-state index in [9.17, 15) is 5.11 Å². The Morgan fingerprint density at radius 1 is 1.30 bits per heavy atom. The minimum atomic E-state index is -0.486. The van der Waals surface area contributed by atoms with Crippen LogP contribution in [0.3, 0.4) is 0 Å². The molecule has 1 aromatic rings. The third-order valence-corrected chi connectivity index (χ3v) is 6.08. The Labute approximate surface area is 126 Å². The lowest BCUT2D eigenvalue weighted by Gasteiger charge is -2.41. The molecule has 0 radical (unpaired) electrons. The molecule has 1 aromatic heterocycles. The van der Waals surface area contributed by atoms with Crippen molar-refractivity contribution in [2.24, 2.45) is 11.3 Å². The van der Waals surface area contributed by atoms with Crippen molar-refractivity contribution in [3.05, 3.63) is 22.4 Å². The van der Waals surface area contributed by atoms with Gasteiger partial charge in [-0.15, -0.1) is 11.3 Å². The highest BCUT2D eigenvalue weighted by Gasteiger charge is 2.39. The number of hydrogen-bond acceptors (Lipinski definition) is 3. The van der Waals surface area contributed by atoms with Gasteiger partial charge in [0.15, 0.2) is 0 Å². The molecule has 2 fully saturated rings. The number of hydrogen-bond donors (Lipinski definition) is 2. The van der Waals surface area contributed by atoms with Crippen LogP contribution in [0, 0.1) is 11.3 Å². The fraction of sp³-hybridized carbons (Fsp3) is 0.765. The zero-order valence-electron chi connectivity index (χ0n) is 12.7. The fourth-order valence-electron chi connectivity index (χ4n) is 3.27. The second-order valence-corrected chi connectivity index (χ2v) is 8.58. The Hall–Kier alpha value is -0.380. The van der Waals surface area contributed by atoms with Gasteiger partial charge in [0.1, 0.15) is 0 Å². The van der Waals surface area contributed by atoms with E-state index in [1.54, 1.807) is 0 Å². The normalized spacial score (nSPS) is 26.4. The van der Waals surface area contributed by atoms with Crippen molar-refractivity contribution in [1.82, 2.24) is 5.32 Å². The number of aliphatic hydroxyl groups is 1. The molecule has 0 spiro atoms. The van der Waals surface area contributed by atoms with Crippen LogP contribution in [-0.2, 0) is 0 Å². The van der Waals surface area contributed by atoms with Crippen molar-refractivity contribution < 1.29 is 5.11 Å². The van der Waals surface area contributed by atoms with Crippen LogP contribution in [0.15, 0.2) is 17.5 Å². The molecule has 2 aliphatic carbocycles. The Bertz CT molecular complexity index is 426. The van der Waals surface area contributed by atoms with Gasteiger partial charge in [0.05, 0.1) is 5.60 Å². The fourth-order valence-corrected chi connectivity index (χ4v) is 4.16. The molecule has 2 aliphatic rings. The Morgan fingerprint density at radius 3 is 2.55 bits per heavy atom. The summed E-state index contributed by atoms with van der Waals surface area (Å²) in [6.07, 6.45) is 6.82. The van der Waals surface area contributed by atoms with Gasteiger partial charge in [0.25, 0.3) is 0 Å². The molecule has 2 nitrogen and oxygen atoms in total. The molecule has 1 unspecified atom stereocenters. The van der Waals surface area contributed by atoms with Gasteiger partial charge in [-0.25, -0.2) is 0 Å². The second-order valence-electron chi connectivity index (χ2n) is 7.60. The number of nitrogens with one attached hydrogen (secondary N) is 1. The molecule has 2 saturated carbocycles. The molecular weight excluding hydrogens is 266 g/mol. The largest absolute Gasteiger partial charge is 0.389 e. The van der Waals surface area contributed by atoms with E-state index in [0.717, 1.165) is 38.1 Å². The highest BCUT2D eigenvalue weighted by molar-refractivity contribution is 7.10. The summed E-state index contributed by atoms with van der Waals surface area (Å²) < 4.78 is 0. The topological polar surface area (TPSA) is 32.3 Å². The first kappa shape index (κ1) is 14.6. The molecular formula is C17H27NOS. The summed E-state index contributed by atoms with van der Waals surface area (Å²) >= 11 is 1.84. The smallest absolute Gasteiger partial charge is 0.0772 e. The van der Waals surface area contributed by atoms with Crippen LogP contribution < -0.4 is 5.32 Å². The lowest BCUT2D eigenvalue weighted by molar-refractivity contribution is -0.0265. The molecule has 20 heavy (non-hydrogen) atoms. The summed E-state index contributed by atoms with van der Waals surface area (Å²) in [6.45, 7) is 5.39. The standard InChI is InChI=1S/C17H27NOS/c1-16(2)7-9-17(19,10-8-16)12-18-15(13-5-6-13)14-4-3-11-20-14/h3-4,11,13,15,18-19H,5-10,12H2,1-2H3. The summed E-state index contributed by atoms with van der Waals surface area (Å²) in [5.74, 6) is 0.789. The Balaban J connectivity index is 1.58. The van der Waals surface area contributed by atoms with Gasteiger partial charge in [0, 0.05) is 17.5 Å². The van der Waals surface area contributed by atoms with E-state index in [2.05, 4.69) is 36.7 Å². The van der Waals surface area contributed by atoms with Crippen LogP contribution in [0.2, 0.25) is 0 Å². The van der Waals surface area contributed by atoms with Crippen LogP contribution >= 0.6 is 11.3 Å². The van der Waals surface area contributed by atoms with Crippen molar-refractivity contribution in [2.75, 3.05) is 6.54 Å². The van der Waals surface area contributed by atoms with E-state index < -0.39 is 5.60 Å². The lowest BCUT2D eigenvalue weighted by atomic mass is 9.71. The lowest BCUT2D eigenvalue weighted by Crippen LogP contribution is -2.46. The van der Waals surface area contributed by atoms with Gasteiger partial charge in [-0.1, -0.05) is 19.9 Å². The zero-order chi connectivity index (χ0) is 14.2. The highest BCUT2D eigenvalue weighted by atomic mass is 32.1. The minimum absolute atomic E-state index is 0.413. The SMILES string of the molecule is CC1(C)CCC(O)(CNC(c2cccs2)C2CC2)CC1. The monoisotopic (exact) mass is 293 g/mol. The molecule has 1 heterocycles. The molecule has 3 heteroatoms. The number of rotatable bonds is 5. The summed E-state index contributed by atoms with van der Waals surface area (Å²) in [5.41, 5.74) is -0.0736. The highest BCUT2D eigenvalue weighted by Crippen LogP contribution is 2.44. The van der Waals surface area contributed by atoms with Crippen molar-refractivity contribution in [3.8, 4) is 0 Å². The average molecular weight is 293 g/mol. The van der Waals surface area contributed by atoms with E-state index in [-0.39, 0.29) is 0 Å². The van der Waals surface area contributed by atoms with Crippen LogP contribution in [-0.4, -0.2) is 17.3 Å². The number of thiophene rings is 1. The van der Waals surface area contributed by atoms with Crippen molar-refractivity contribution in [1.29, 1.82) is 0 Å². The van der Waals surface area contributed by atoms with Gasteiger partial charge in [-0.3, -0.25) is 0 Å². The van der Waals surface area contributed by atoms with Crippen LogP contribution in [0.5, 0.6) is 0 Å². The Kier molecular flexibility index (Phi) is 3.95. The molecule has 3 rings (SSSR count). The van der Waals surface area contributed by atoms with Crippen LogP contribution in [0.1, 0.15) is 63.3 Å². The van der Waals surface area contributed by atoms with Crippen LogP contribution in [0.4, 0.5) is 0 Å². The maximum atomic E-state index is 10.8. The summed E-state index contributed by atoms with van der Waals surface area (Å²) in [4.78, 5) is 1.44. The zero-order valence-corrected chi connectivity index (χ0v) is 13.5. The summed E-state index contributed by atoms with van der Waals surface area (Å²) in [7, 11) is 0. The van der Waals surface area contributed by atoms with Crippen molar-refractivity contribution in [3.63, 3.8) is 0 Å². The van der Waals surface area contributed by atoms with Crippen molar-refractivity contribution >= 4 is 11.3 Å². The van der Waals surface area contributed by atoms with Gasteiger partial charge in [0.2, 0.25) is 0 Å². The van der Waals surface area contributed by atoms with Crippen LogP contribution in [0.25, 0.3) is 0 Å². The molecule has 0 amide bonds. The molecule has 2 N–H and O–H groups in total. The quantitative estimate of drug-likeness (QED) is 0.856. The van der Waals surface area contributed by atoms with Gasteiger partial charge in [-0.05, 0) is 61.3 Å². The van der Waals surface area contributed by atoms with Gasteiger partial charge >= 0.3 is 0 Å². The van der Waals surface area contributed by atoms with Gasteiger partial charge < -0.3 is 10.4 Å².